The van der Waals surface area contributed by atoms with Crippen LogP contribution < -0.4 is 15.5 Å². The van der Waals surface area contributed by atoms with Crippen LogP contribution >= 0.6 is 0 Å². The highest BCUT2D eigenvalue weighted by Crippen LogP contribution is 2.21. The van der Waals surface area contributed by atoms with Gasteiger partial charge >= 0.3 is 0 Å². The first-order valence-corrected chi connectivity index (χ1v) is 8.19. The molecule has 0 aromatic carbocycles. The number of hydrogen-bond acceptors (Lipinski definition) is 6. The lowest BCUT2D eigenvalue weighted by atomic mass is 10.3. The van der Waals surface area contributed by atoms with E-state index < -0.39 is 0 Å². The molecule has 1 saturated heterocycles. The Morgan fingerprint density at radius 1 is 1.12 bits per heavy atom. The Balaban J connectivity index is 1.54. The van der Waals surface area contributed by atoms with Crippen LogP contribution in [0.4, 0.5) is 17.5 Å². The lowest BCUT2D eigenvalue weighted by molar-refractivity contribution is 0.589. The first-order valence-electron chi connectivity index (χ1n) is 8.19. The highest BCUT2D eigenvalue weighted by Gasteiger charge is 2.11. The fourth-order valence-corrected chi connectivity index (χ4v) is 3.14. The van der Waals surface area contributed by atoms with Crippen molar-refractivity contribution in [2.24, 2.45) is 7.05 Å². The first kappa shape index (κ1) is 14.9. The van der Waals surface area contributed by atoms with Gasteiger partial charge < -0.3 is 20.1 Å². The van der Waals surface area contributed by atoms with Crippen molar-refractivity contribution in [2.45, 2.75) is 6.92 Å². The molecule has 1 aliphatic rings. The summed E-state index contributed by atoms with van der Waals surface area (Å²) < 4.78 is 2.04. The molecule has 2 N–H and O–H groups in total. The third-order valence-electron chi connectivity index (χ3n) is 4.36. The highest BCUT2D eigenvalue weighted by atomic mass is 15.2. The van der Waals surface area contributed by atoms with E-state index >= 15 is 0 Å². The Morgan fingerprint density at radius 3 is 2.71 bits per heavy atom. The van der Waals surface area contributed by atoms with Crippen molar-refractivity contribution < 1.29 is 0 Å². The number of pyridine rings is 1. The van der Waals surface area contributed by atoms with Gasteiger partial charge in [0.2, 0.25) is 5.95 Å². The van der Waals surface area contributed by atoms with Crippen LogP contribution in [0.5, 0.6) is 0 Å². The molecule has 124 valence electrons. The van der Waals surface area contributed by atoms with Crippen molar-refractivity contribution in [1.82, 2.24) is 24.8 Å². The molecule has 1 fully saturated rings. The Bertz CT molecular complexity index is 847. The van der Waals surface area contributed by atoms with Crippen molar-refractivity contribution in [1.29, 1.82) is 0 Å². The smallest absolute Gasteiger partial charge is 0.229 e. The summed E-state index contributed by atoms with van der Waals surface area (Å²) in [5.41, 5.74) is 4.09. The number of rotatable bonds is 3. The third-order valence-corrected chi connectivity index (χ3v) is 4.36. The Labute approximate surface area is 140 Å². The largest absolute Gasteiger partial charge is 0.368 e. The molecular formula is C17H21N7. The summed E-state index contributed by atoms with van der Waals surface area (Å²) in [4.78, 5) is 15.9. The lowest BCUT2D eigenvalue weighted by Crippen LogP contribution is -2.43. The van der Waals surface area contributed by atoms with E-state index in [1.54, 1.807) is 0 Å². The zero-order valence-electron chi connectivity index (χ0n) is 14.0. The van der Waals surface area contributed by atoms with Gasteiger partial charge in [-0.2, -0.15) is 0 Å². The molecule has 4 rings (SSSR count). The van der Waals surface area contributed by atoms with Gasteiger partial charge in [-0.25, -0.2) is 15.0 Å². The van der Waals surface area contributed by atoms with Crippen molar-refractivity contribution in [3.8, 4) is 0 Å². The second kappa shape index (κ2) is 6.09. The van der Waals surface area contributed by atoms with Gasteiger partial charge in [-0.3, -0.25) is 0 Å². The Kier molecular flexibility index (Phi) is 3.78. The lowest BCUT2D eigenvalue weighted by Gasteiger charge is -2.29. The molecule has 0 spiro atoms. The molecule has 0 atom stereocenters. The van der Waals surface area contributed by atoms with Crippen molar-refractivity contribution >= 4 is 28.5 Å². The third kappa shape index (κ3) is 2.78. The molecule has 0 saturated carbocycles. The maximum Gasteiger partial charge on any atom is 0.229 e. The molecule has 0 radical (unpaired) electrons. The monoisotopic (exact) mass is 323 g/mol. The molecule has 3 aromatic rings. The summed E-state index contributed by atoms with van der Waals surface area (Å²) in [6.07, 6.45) is 3.90. The van der Waals surface area contributed by atoms with E-state index in [0.29, 0.717) is 5.95 Å². The number of aryl methyl sites for hydroxylation is 2. The average molecular weight is 323 g/mol. The molecule has 7 nitrogen and oxygen atoms in total. The zero-order valence-corrected chi connectivity index (χ0v) is 14.0. The predicted octanol–water partition coefficient (Wildman–Crippen LogP) is 1.82. The van der Waals surface area contributed by atoms with Crippen LogP contribution in [0.1, 0.15) is 5.69 Å². The van der Waals surface area contributed by atoms with E-state index in [2.05, 4.69) is 36.6 Å². The van der Waals surface area contributed by atoms with E-state index in [-0.39, 0.29) is 0 Å². The van der Waals surface area contributed by atoms with Gasteiger partial charge in [-0.15, -0.1) is 0 Å². The van der Waals surface area contributed by atoms with Gasteiger partial charge in [0, 0.05) is 39.4 Å². The van der Waals surface area contributed by atoms with Crippen molar-refractivity contribution in [3.05, 3.63) is 36.3 Å². The highest BCUT2D eigenvalue weighted by molar-refractivity contribution is 5.79. The number of hydrogen-bond donors (Lipinski definition) is 2. The van der Waals surface area contributed by atoms with Crippen LogP contribution in [-0.2, 0) is 7.05 Å². The molecule has 0 bridgehead atoms. The molecule has 3 aromatic heterocycles. The maximum atomic E-state index is 4.56. The fourth-order valence-electron chi connectivity index (χ4n) is 3.14. The van der Waals surface area contributed by atoms with E-state index in [1.165, 1.54) is 0 Å². The normalized spacial score (nSPS) is 15.0. The maximum absolute atomic E-state index is 4.56. The second-order valence-electron chi connectivity index (χ2n) is 6.06. The standard InChI is InChI=1S/C17H21N7/c1-12-16-14(5-8-23(16)2)21-17(20-12)22-15-4-3-13(11-19-15)24-9-6-18-7-10-24/h3-5,8,11,18H,6-7,9-10H2,1-2H3,(H,19,20,21,22). The Morgan fingerprint density at radius 2 is 1.96 bits per heavy atom. The molecule has 0 aliphatic carbocycles. The quantitative estimate of drug-likeness (QED) is 0.766. The van der Waals surface area contributed by atoms with E-state index in [1.807, 2.05) is 43.1 Å². The van der Waals surface area contributed by atoms with Crippen molar-refractivity contribution in [3.63, 3.8) is 0 Å². The molecular weight excluding hydrogens is 302 g/mol. The molecule has 0 unspecified atom stereocenters. The van der Waals surface area contributed by atoms with E-state index in [9.17, 15) is 0 Å². The van der Waals surface area contributed by atoms with Crippen LogP contribution in [0, 0.1) is 6.92 Å². The summed E-state index contributed by atoms with van der Waals surface area (Å²) in [6, 6.07) is 6.07. The SMILES string of the molecule is Cc1nc(Nc2ccc(N3CCNCC3)cn2)nc2ccn(C)c12. The molecule has 7 heteroatoms. The number of piperazine rings is 1. The number of nitrogens with one attached hydrogen (secondary N) is 2. The number of aromatic nitrogens is 4. The van der Waals surface area contributed by atoms with Gasteiger partial charge in [0.05, 0.1) is 28.6 Å². The van der Waals surface area contributed by atoms with Crippen LogP contribution in [0.25, 0.3) is 11.0 Å². The number of fused-ring (bicyclic) bond motifs is 1. The molecule has 4 heterocycles. The summed E-state index contributed by atoms with van der Waals surface area (Å²) in [7, 11) is 2.00. The zero-order chi connectivity index (χ0) is 16.5. The van der Waals surface area contributed by atoms with Gasteiger partial charge in [0.15, 0.2) is 0 Å². The predicted molar refractivity (Wildman–Crippen MR) is 95.8 cm³/mol. The van der Waals surface area contributed by atoms with Gasteiger partial charge in [0.25, 0.3) is 0 Å². The molecule has 1 aliphatic heterocycles. The first-order chi connectivity index (χ1) is 11.7. The van der Waals surface area contributed by atoms with Crippen molar-refractivity contribution in [2.75, 3.05) is 36.4 Å². The van der Waals surface area contributed by atoms with Crippen LogP contribution in [0.3, 0.4) is 0 Å². The number of nitrogens with zero attached hydrogens (tertiary/aromatic N) is 5. The molecule has 24 heavy (non-hydrogen) atoms. The minimum Gasteiger partial charge on any atom is -0.368 e. The average Bonchev–Trinajstić information content (AvgIpc) is 2.98. The fraction of sp³-hybridized carbons (Fsp3) is 0.353. The van der Waals surface area contributed by atoms with Gasteiger partial charge in [-0.05, 0) is 25.1 Å². The van der Waals surface area contributed by atoms with Crippen LogP contribution in [0.2, 0.25) is 0 Å². The molecule has 0 amide bonds. The summed E-state index contributed by atoms with van der Waals surface area (Å²) >= 11 is 0. The summed E-state index contributed by atoms with van der Waals surface area (Å²) in [5, 5.41) is 6.56. The Hall–Kier alpha value is -2.67. The summed E-state index contributed by atoms with van der Waals surface area (Å²) in [6.45, 7) is 6.06. The minimum atomic E-state index is 0.577. The minimum absolute atomic E-state index is 0.577. The van der Waals surface area contributed by atoms with E-state index in [0.717, 1.165) is 54.4 Å². The van der Waals surface area contributed by atoms with Gasteiger partial charge in [0.1, 0.15) is 5.82 Å². The second-order valence-corrected chi connectivity index (χ2v) is 6.06. The van der Waals surface area contributed by atoms with Crippen LogP contribution in [0.15, 0.2) is 30.6 Å². The summed E-state index contributed by atoms with van der Waals surface area (Å²) in [5.74, 6) is 1.33. The topological polar surface area (TPSA) is 70.9 Å². The number of anilines is 3. The van der Waals surface area contributed by atoms with Gasteiger partial charge in [-0.1, -0.05) is 0 Å². The van der Waals surface area contributed by atoms with E-state index in [4.69, 9.17) is 0 Å². The van der Waals surface area contributed by atoms with Crippen LogP contribution in [-0.4, -0.2) is 45.7 Å².